The van der Waals surface area contributed by atoms with Gasteiger partial charge in [0, 0.05) is 23.4 Å². The molecule has 1 aliphatic rings. The van der Waals surface area contributed by atoms with Gasteiger partial charge in [-0.05, 0) is 32.9 Å². The van der Waals surface area contributed by atoms with Crippen molar-refractivity contribution in [1.29, 1.82) is 5.26 Å². The van der Waals surface area contributed by atoms with Crippen LogP contribution in [0.2, 0.25) is 5.02 Å². The van der Waals surface area contributed by atoms with Gasteiger partial charge in [0.25, 0.3) is 0 Å². The lowest BCUT2D eigenvalue weighted by Gasteiger charge is -2.56. The first kappa shape index (κ1) is 19.4. The number of alkyl carbamates (subject to hydrolysis) is 1. The zero-order valence-electron chi connectivity index (χ0n) is 15.5. The van der Waals surface area contributed by atoms with Gasteiger partial charge in [-0.25, -0.2) is 4.79 Å². The van der Waals surface area contributed by atoms with E-state index in [1.165, 1.54) is 0 Å². The lowest BCUT2D eigenvalue weighted by Crippen LogP contribution is -2.69. The molecule has 1 aliphatic carbocycles. The highest BCUT2D eigenvalue weighted by Gasteiger charge is 2.57. The summed E-state index contributed by atoms with van der Waals surface area (Å²) in [5.41, 5.74) is -0.382. The van der Waals surface area contributed by atoms with Crippen molar-refractivity contribution in [1.82, 2.24) is 5.32 Å². The molecule has 1 fully saturated rings. The quantitative estimate of drug-likeness (QED) is 0.855. The van der Waals surface area contributed by atoms with Crippen molar-refractivity contribution in [2.24, 2.45) is 11.3 Å². The molecule has 5 nitrogen and oxygen atoms in total. The fraction of sp³-hybridized carbons (Fsp3) is 0.579. The van der Waals surface area contributed by atoms with E-state index < -0.39 is 11.7 Å². The number of nitrogens with one attached hydrogen (secondary N) is 1. The van der Waals surface area contributed by atoms with E-state index in [0.717, 1.165) is 0 Å². The van der Waals surface area contributed by atoms with Crippen LogP contribution in [0.5, 0.6) is 5.75 Å². The van der Waals surface area contributed by atoms with Crippen molar-refractivity contribution in [2.45, 2.75) is 59.3 Å². The van der Waals surface area contributed by atoms with Crippen LogP contribution in [0.4, 0.5) is 4.79 Å². The lowest BCUT2D eigenvalue weighted by atomic mass is 9.58. The van der Waals surface area contributed by atoms with Gasteiger partial charge in [0.05, 0.1) is 10.6 Å². The maximum atomic E-state index is 12.1. The molecule has 1 saturated carbocycles. The number of hydrogen-bond donors (Lipinski definition) is 1. The second-order valence-electron chi connectivity index (χ2n) is 8.10. The minimum Gasteiger partial charge on any atom is -0.489 e. The van der Waals surface area contributed by atoms with E-state index in [9.17, 15) is 4.79 Å². The Morgan fingerprint density at radius 2 is 2.00 bits per heavy atom. The summed E-state index contributed by atoms with van der Waals surface area (Å²) >= 11 is 6.06. The summed E-state index contributed by atoms with van der Waals surface area (Å²) in [4.78, 5) is 12.1. The fourth-order valence-electron chi connectivity index (χ4n) is 3.41. The molecule has 1 N–H and O–H groups in total. The molecule has 0 spiro atoms. The SMILES string of the molecule is CC1[C@@H](NC(=O)OC(C)(C)C)C(C)(C)[C@@H]1Oc1ccc(C#N)c(Cl)c1. The largest absolute Gasteiger partial charge is 0.489 e. The maximum absolute atomic E-state index is 12.1. The summed E-state index contributed by atoms with van der Waals surface area (Å²) < 4.78 is 11.4. The number of ether oxygens (including phenoxy) is 2. The lowest BCUT2D eigenvalue weighted by molar-refractivity contribution is -0.107. The van der Waals surface area contributed by atoms with Crippen molar-refractivity contribution in [3.63, 3.8) is 0 Å². The normalized spacial score (nSPS) is 24.6. The summed E-state index contributed by atoms with van der Waals surface area (Å²) in [7, 11) is 0. The zero-order chi connectivity index (χ0) is 19.0. The van der Waals surface area contributed by atoms with Crippen LogP contribution in [0.3, 0.4) is 0 Å². The molecule has 0 saturated heterocycles. The second kappa shape index (κ2) is 6.76. The number of nitriles is 1. The van der Waals surface area contributed by atoms with Gasteiger partial charge in [-0.1, -0.05) is 32.4 Å². The van der Waals surface area contributed by atoms with Gasteiger partial charge >= 0.3 is 6.09 Å². The Balaban J connectivity index is 2.04. The Morgan fingerprint density at radius 3 is 2.48 bits per heavy atom. The third-order valence-electron chi connectivity index (χ3n) is 4.53. The molecule has 1 unspecified atom stereocenters. The third kappa shape index (κ3) is 4.19. The Morgan fingerprint density at radius 1 is 1.36 bits per heavy atom. The molecular weight excluding hydrogens is 340 g/mol. The first-order valence-corrected chi connectivity index (χ1v) is 8.69. The van der Waals surface area contributed by atoms with Gasteiger partial charge in [0.1, 0.15) is 23.5 Å². The monoisotopic (exact) mass is 364 g/mol. The van der Waals surface area contributed by atoms with E-state index in [0.29, 0.717) is 16.3 Å². The molecule has 0 aliphatic heterocycles. The average Bonchev–Trinajstić information content (AvgIpc) is 2.48. The number of halogens is 1. The predicted octanol–water partition coefficient (Wildman–Crippen LogP) is 4.53. The van der Waals surface area contributed by atoms with Gasteiger partial charge in [-0.15, -0.1) is 0 Å². The molecular formula is C19H25ClN2O3. The number of nitrogens with zero attached hydrogens (tertiary/aromatic N) is 1. The Labute approximate surface area is 154 Å². The highest BCUT2D eigenvalue weighted by Crippen LogP contribution is 2.47. The Kier molecular flexibility index (Phi) is 5.24. The van der Waals surface area contributed by atoms with Gasteiger partial charge in [0.2, 0.25) is 0 Å². The second-order valence-corrected chi connectivity index (χ2v) is 8.50. The third-order valence-corrected chi connectivity index (χ3v) is 4.85. The number of amides is 1. The van der Waals surface area contributed by atoms with Crippen molar-refractivity contribution in [3.8, 4) is 11.8 Å². The van der Waals surface area contributed by atoms with E-state index in [-0.39, 0.29) is 23.5 Å². The minimum atomic E-state index is -0.531. The van der Waals surface area contributed by atoms with E-state index in [1.807, 2.05) is 47.6 Å². The molecule has 136 valence electrons. The highest BCUT2D eigenvalue weighted by molar-refractivity contribution is 6.31. The minimum absolute atomic E-state index is 0.0544. The summed E-state index contributed by atoms with van der Waals surface area (Å²) in [6.07, 6.45) is -0.506. The standard InChI is InChI=1S/C19H25ClN2O3/c1-11-15(22-17(23)25-18(2,3)4)19(5,6)16(11)24-13-8-7-12(10-21)14(20)9-13/h7-9,11,15-16H,1-6H3,(H,22,23)/t11?,15-,16-/m1/s1. The molecule has 6 heteroatoms. The van der Waals surface area contributed by atoms with Crippen LogP contribution in [-0.2, 0) is 4.74 Å². The number of hydrogen-bond acceptors (Lipinski definition) is 4. The summed E-state index contributed by atoms with van der Waals surface area (Å²) in [5, 5.41) is 12.3. The fourth-order valence-corrected chi connectivity index (χ4v) is 3.62. The van der Waals surface area contributed by atoms with Crippen LogP contribution in [-0.4, -0.2) is 23.8 Å². The van der Waals surface area contributed by atoms with Crippen LogP contribution >= 0.6 is 11.6 Å². The van der Waals surface area contributed by atoms with E-state index in [2.05, 4.69) is 5.32 Å². The Bertz CT molecular complexity index is 704. The zero-order valence-corrected chi connectivity index (χ0v) is 16.3. The summed E-state index contributed by atoms with van der Waals surface area (Å²) in [6, 6.07) is 7.00. The van der Waals surface area contributed by atoms with Crippen LogP contribution < -0.4 is 10.1 Å². The number of benzene rings is 1. The van der Waals surface area contributed by atoms with Crippen LogP contribution in [0.15, 0.2) is 18.2 Å². The number of rotatable bonds is 3. The van der Waals surface area contributed by atoms with Crippen molar-refractivity contribution in [3.05, 3.63) is 28.8 Å². The topological polar surface area (TPSA) is 71.3 Å². The van der Waals surface area contributed by atoms with Gasteiger partial charge < -0.3 is 14.8 Å². The number of carbonyl (C=O) groups excluding carboxylic acids is 1. The van der Waals surface area contributed by atoms with Gasteiger partial charge in [0.15, 0.2) is 0 Å². The van der Waals surface area contributed by atoms with Gasteiger partial charge in [-0.3, -0.25) is 0 Å². The predicted molar refractivity (Wildman–Crippen MR) is 96.7 cm³/mol. The molecule has 1 aromatic rings. The molecule has 3 atom stereocenters. The molecule has 0 bridgehead atoms. The first-order chi connectivity index (χ1) is 11.5. The maximum Gasteiger partial charge on any atom is 0.407 e. The van der Waals surface area contributed by atoms with Crippen molar-refractivity contribution in [2.75, 3.05) is 0 Å². The smallest absolute Gasteiger partial charge is 0.407 e. The molecule has 0 aromatic heterocycles. The summed E-state index contributed by atoms with van der Waals surface area (Å²) in [6.45, 7) is 11.6. The number of carbonyl (C=O) groups is 1. The molecule has 2 rings (SSSR count). The van der Waals surface area contributed by atoms with Crippen LogP contribution in [0, 0.1) is 22.7 Å². The van der Waals surface area contributed by atoms with Crippen molar-refractivity contribution < 1.29 is 14.3 Å². The molecule has 0 radical (unpaired) electrons. The summed E-state index contributed by atoms with van der Waals surface area (Å²) in [5.74, 6) is 0.724. The average molecular weight is 365 g/mol. The van der Waals surface area contributed by atoms with E-state index >= 15 is 0 Å². The van der Waals surface area contributed by atoms with Crippen LogP contribution in [0.1, 0.15) is 47.1 Å². The molecule has 1 amide bonds. The molecule has 0 heterocycles. The van der Waals surface area contributed by atoms with Crippen LogP contribution in [0.25, 0.3) is 0 Å². The van der Waals surface area contributed by atoms with Crippen molar-refractivity contribution >= 4 is 17.7 Å². The van der Waals surface area contributed by atoms with Gasteiger partial charge in [-0.2, -0.15) is 5.26 Å². The Hall–Kier alpha value is -1.93. The molecule has 1 aromatic carbocycles. The van der Waals surface area contributed by atoms with E-state index in [1.54, 1.807) is 18.2 Å². The molecule has 25 heavy (non-hydrogen) atoms. The first-order valence-electron chi connectivity index (χ1n) is 8.31. The highest BCUT2D eigenvalue weighted by atomic mass is 35.5. The van der Waals surface area contributed by atoms with E-state index in [4.69, 9.17) is 26.3 Å².